The van der Waals surface area contributed by atoms with Crippen LogP contribution in [0, 0.1) is 0 Å². The van der Waals surface area contributed by atoms with E-state index >= 15 is 0 Å². The molecule has 0 bridgehead atoms. The van der Waals surface area contributed by atoms with Crippen molar-refractivity contribution in [2.45, 2.75) is 32.1 Å². The fourth-order valence-corrected chi connectivity index (χ4v) is 1.66. The molecule has 0 aliphatic carbocycles. The SMILES string of the molecule is BrCCCCCCCI. The third-order valence-electron chi connectivity index (χ3n) is 1.27. The van der Waals surface area contributed by atoms with Crippen LogP contribution < -0.4 is 0 Å². The first-order valence-electron chi connectivity index (χ1n) is 3.53. The molecule has 0 saturated heterocycles. The van der Waals surface area contributed by atoms with Crippen LogP contribution in [-0.2, 0) is 0 Å². The highest BCUT2D eigenvalue weighted by Gasteiger charge is 1.86. The van der Waals surface area contributed by atoms with Gasteiger partial charge in [0.2, 0.25) is 0 Å². The molecule has 0 atom stereocenters. The van der Waals surface area contributed by atoms with Gasteiger partial charge in [0.15, 0.2) is 0 Å². The summed E-state index contributed by atoms with van der Waals surface area (Å²) in [6.45, 7) is 0. The molecule has 0 aliphatic rings. The Labute approximate surface area is 80.1 Å². The molecule has 0 aromatic rings. The number of unbranched alkanes of at least 4 members (excludes halogenated alkanes) is 4. The summed E-state index contributed by atoms with van der Waals surface area (Å²) >= 11 is 5.86. The van der Waals surface area contributed by atoms with Gasteiger partial charge in [-0.1, -0.05) is 57.8 Å². The molecular weight excluding hydrogens is 291 g/mol. The van der Waals surface area contributed by atoms with E-state index in [1.807, 2.05) is 0 Å². The van der Waals surface area contributed by atoms with E-state index in [4.69, 9.17) is 0 Å². The van der Waals surface area contributed by atoms with Crippen molar-refractivity contribution in [3.8, 4) is 0 Å². The van der Waals surface area contributed by atoms with Crippen molar-refractivity contribution < 1.29 is 0 Å². The van der Waals surface area contributed by atoms with Crippen molar-refractivity contribution in [3.05, 3.63) is 0 Å². The molecule has 9 heavy (non-hydrogen) atoms. The lowest BCUT2D eigenvalue weighted by molar-refractivity contribution is 0.666. The molecule has 0 amide bonds. The first-order chi connectivity index (χ1) is 4.41. The molecular formula is C7H14BrI. The zero-order valence-electron chi connectivity index (χ0n) is 5.71. The quantitative estimate of drug-likeness (QED) is 0.398. The molecule has 0 spiro atoms. The second kappa shape index (κ2) is 9.21. The van der Waals surface area contributed by atoms with Crippen LogP contribution >= 0.6 is 38.5 Å². The summed E-state index contributed by atoms with van der Waals surface area (Å²) in [5.41, 5.74) is 0. The molecule has 0 rings (SSSR count). The summed E-state index contributed by atoms with van der Waals surface area (Å²) < 4.78 is 1.33. The van der Waals surface area contributed by atoms with Crippen LogP contribution in [0.1, 0.15) is 32.1 Å². The molecule has 0 fully saturated rings. The van der Waals surface area contributed by atoms with Gasteiger partial charge in [-0.3, -0.25) is 0 Å². The van der Waals surface area contributed by atoms with E-state index < -0.39 is 0 Å². The molecule has 0 unspecified atom stereocenters. The molecule has 2 heteroatoms. The van der Waals surface area contributed by atoms with Gasteiger partial charge in [-0.2, -0.15) is 0 Å². The van der Waals surface area contributed by atoms with Crippen LogP contribution in [0.5, 0.6) is 0 Å². The Morgan fingerprint density at radius 1 is 0.889 bits per heavy atom. The Hall–Kier alpha value is 1.21. The van der Waals surface area contributed by atoms with Crippen molar-refractivity contribution in [2.24, 2.45) is 0 Å². The topological polar surface area (TPSA) is 0 Å². The van der Waals surface area contributed by atoms with Crippen molar-refractivity contribution in [1.82, 2.24) is 0 Å². The highest BCUT2D eigenvalue weighted by molar-refractivity contribution is 14.1. The number of alkyl halides is 2. The number of halogens is 2. The molecule has 0 aromatic carbocycles. The smallest absolute Gasteiger partial charge is 0.00313 e. The third-order valence-corrected chi connectivity index (χ3v) is 2.59. The van der Waals surface area contributed by atoms with Crippen molar-refractivity contribution in [1.29, 1.82) is 0 Å². The summed E-state index contributed by atoms with van der Waals surface area (Å²) in [6.07, 6.45) is 7.01. The average Bonchev–Trinajstić information content (AvgIpc) is 1.89. The molecule has 0 aromatic heterocycles. The lowest BCUT2D eigenvalue weighted by Crippen LogP contribution is -1.79. The highest BCUT2D eigenvalue weighted by Crippen LogP contribution is 2.05. The van der Waals surface area contributed by atoms with Gasteiger partial charge in [-0.25, -0.2) is 0 Å². The minimum atomic E-state index is 1.18. The number of hydrogen-bond donors (Lipinski definition) is 0. The van der Waals surface area contributed by atoms with E-state index in [-0.39, 0.29) is 0 Å². The number of rotatable bonds is 6. The second-order valence-corrected chi connectivity index (χ2v) is 4.02. The predicted molar refractivity (Wildman–Crippen MR) is 55.8 cm³/mol. The number of hydrogen-bond acceptors (Lipinski definition) is 0. The lowest BCUT2D eigenvalue weighted by Gasteiger charge is -1.95. The first-order valence-corrected chi connectivity index (χ1v) is 6.18. The molecule has 0 heterocycles. The van der Waals surface area contributed by atoms with E-state index in [0.29, 0.717) is 0 Å². The zero-order chi connectivity index (χ0) is 6.95. The Morgan fingerprint density at radius 2 is 1.44 bits per heavy atom. The zero-order valence-corrected chi connectivity index (χ0v) is 9.45. The van der Waals surface area contributed by atoms with Gasteiger partial charge in [0, 0.05) is 5.33 Å². The van der Waals surface area contributed by atoms with Gasteiger partial charge >= 0.3 is 0 Å². The third kappa shape index (κ3) is 9.21. The van der Waals surface area contributed by atoms with E-state index in [2.05, 4.69) is 38.5 Å². The van der Waals surface area contributed by atoms with E-state index in [1.54, 1.807) is 0 Å². The van der Waals surface area contributed by atoms with Gasteiger partial charge < -0.3 is 0 Å². The molecule has 0 aliphatic heterocycles. The summed E-state index contributed by atoms with van der Waals surface area (Å²) in [4.78, 5) is 0. The fraction of sp³-hybridized carbons (Fsp3) is 1.00. The van der Waals surface area contributed by atoms with Crippen molar-refractivity contribution in [2.75, 3.05) is 9.76 Å². The molecule has 56 valence electrons. The predicted octanol–water partition coefficient (Wildman–Crippen LogP) is 3.77. The van der Waals surface area contributed by atoms with E-state index in [1.165, 1.54) is 41.9 Å². The Morgan fingerprint density at radius 3 is 2.00 bits per heavy atom. The minimum absolute atomic E-state index is 1.18. The van der Waals surface area contributed by atoms with Crippen LogP contribution in [0.3, 0.4) is 0 Å². The molecule has 0 radical (unpaired) electrons. The first kappa shape index (κ1) is 10.2. The summed E-state index contributed by atoms with van der Waals surface area (Å²) in [7, 11) is 0. The Balaban J connectivity index is 2.60. The average molecular weight is 305 g/mol. The van der Waals surface area contributed by atoms with Gasteiger partial charge in [-0.05, 0) is 17.3 Å². The van der Waals surface area contributed by atoms with Gasteiger partial charge in [0.05, 0.1) is 0 Å². The van der Waals surface area contributed by atoms with Gasteiger partial charge in [0.25, 0.3) is 0 Å². The molecule has 0 nitrogen and oxygen atoms in total. The van der Waals surface area contributed by atoms with Crippen LogP contribution in [0.2, 0.25) is 0 Å². The van der Waals surface area contributed by atoms with Crippen molar-refractivity contribution in [3.63, 3.8) is 0 Å². The maximum atomic E-state index is 3.42. The van der Waals surface area contributed by atoms with Crippen LogP contribution in [-0.4, -0.2) is 9.76 Å². The maximum Gasteiger partial charge on any atom is 0.00313 e. The molecule has 0 N–H and O–H groups in total. The second-order valence-electron chi connectivity index (χ2n) is 2.15. The molecule has 0 saturated carbocycles. The summed E-state index contributed by atoms with van der Waals surface area (Å²) in [6, 6.07) is 0. The monoisotopic (exact) mass is 304 g/mol. The van der Waals surface area contributed by atoms with Crippen LogP contribution in [0.25, 0.3) is 0 Å². The van der Waals surface area contributed by atoms with E-state index in [9.17, 15) is 0 Å². The Bertz CT molecular complexity index is 42.2. The summed E-state index contributed by atoms with van der Waals surface area (Å²) in [5.74, 6) is 0. The van der Waals surface area contributed by atoms with E-state index in [0.717, 1.165) is 0 Å². The standard InChI is InChI=1S/C7H14BrI/c8-6-4-2-1-3-5-7-9/h1-7H2. The summed E-state index contributed by atoms with van der Waals surface area (Å²) in [5, 5.41) is 1.18. The Kier molecular flexibility index (Phi) is 10.4. The fourth-order valence-electron chi connectivity index (χ4n) is 0.719. The van der Waals surface area contributed by atoms with Crippen molar-refractivity contribution >= 4 is 38.5 Å². The van der Waals surface area contributed by atoms with Crippen LogP contribution in [0.15, 0.2) is 0 Å². The van der Waals surface area contributed by atoms with Gasteiger partial charge in [-0.15, -0.1) is 0 Å². The minimum Gasteiger partial charge on any atom is -0.0928 e. The van der Waals surface area contributed by atoms with Gasteiger partial charge in [0.1, 0.15) is 0 Å². The normalized spacial score (nSPS) is 10.0. The highest BCUT2D eigenvalue weighted by atomic mass is 127. The maximum absolute atomic E-state index is 3.42. The van der Waals surface area contributed by atoms with Crippen LogP contribution in [0.4, 0.5) is 0 Å². The largest absolute Gasteiger partial charge is 0.0928 e. The lowest BCUT2D eigenvalue weighted by atomic mass is 10.2.